The van der Waals surface area contributed by atoms with Crippen molar-refractivity contribution in [3.63, 3.8) is 0 Å². The van der Waals surface area contributed by atoms with Crippen LogP contribution >= 0.6 is 11.6 Å². The average Bonchev–Trinajstić information content (AvgIpc) is 2.34. The highest BCUT2D eigenvalue weighted by Gasteiger charge is 2.24. The van der Waals surface area contributed by atoms with Crippen LogP contribution in [0.3, 0.4) is 0 Å². The van der Waals surface area contributed by atoms with E-state index in [1.165, 1.54) is 16.4 Å². The smallest absolute Gasteiger partial charge is 0.207 e. The van der Waals surface area contributed by atoms with Gasteiger partial charge in [-0.05, 0) is 30.2 Å². The van der Waals surface area contributed by atoms with Crippen LogP contribution in [0.4, 0.5) is 0 Å². The number of halogens is 1. The average molecular weight is 301 g/mol. The SMILES string of the molecule is CC(C)CN(CCC#N)S(=O)(=O)c1ccc(Cl)cc1. The molecule has 0 N–H and O–H groups in total. The molecule has 0 aliphatic carbocycles. The Morgan fingerprint density at radius 3 is 2.37 bits per heavy atom. The molecule has 0 fully saturated rings. The highest BCUT2D eigenvalue weighted by Crippen LogP contribution is 2.19. The summed E-state index contributed by atoms with van der Waals surface area (Å²) in [6.45, 7) is 4.49. The second-order valence-corrected chi connectivity index (χ2v) is 6.99. The monoisotopic (exact) mass is 300 g/mol. The molecule has 4 nitrogen and oxygen atoms in total. The van der Waals surface area contributed by atoms with E-state index < -0.39 is 10.0 Å². The Labute approximate surface area is 119 Å². The van der Waals surface area contributed by atoms with Gasteiger partial charge in [-0.1, -0.05) is 25.4 Å². The summed E-state index contributed by atoms with van der Waals surface area (Å²) >= 11 is 5.76. The maximum absolute atomic E-state index is 12.5. The summed E-state index contributed by atoms with van der Waals surface area (Å²) in [7, 11) is -3.56. The molecule has 0 atom stereocenters. The summed E-state index contributed by atoms with van der Waals surface area (Å²) in [4.78, 5) is 0.204. The van der Waals surface area contributed by atoms with Gasteiger partial charge in [-0.2, -0.15) is 9.57 Å². The first-order valence-electron chi connectivity index (χ1n) is 6.00. The third-order valence-electron chi connectivity index (χ3n) is 2.49. The van der Waals surface area contributed by atoms with Gasteiger partial charge in [0.25, 0.3) is 0 Å². The fraction of sp³-hybridized carbons (Fsp3) is 0.462. The minimum atomic E-state index is -3.56. The lowest BCUT2D eigenvalue weighted by Gasteiger charge is -2.23. The largest absolute Gasteiger partial charge is 0.243 e. The zero-order valence-corrected chi connectivity index (χ0v) is 12.6. The molecule has 0 saturated heterocycles. The molecule has 1 aromatic rings. The molecule has 1 rings (SSSR count). The second-order valence-electron chi connectivity index (χ2n) is 4.62. The van der Waals surface area contributed by atoms with Crippen LogP contribution in [0.15, 0.2) is 29.2 Å². The predicted molar refractivity (Wildman–Crippen MR) is 75.3 cm³/mol. The summed E-state index contributed by atoms with van der Waals surface area (Å²) < 4.78 is 26.3. The molecular formula is C13H17ClN2O2S. The van der Waals surface area contributed by atoms with Crippen LogP contribution in [0.5, 0.6) is 0 Å². The minimum Gasteiger partial charge on any atom is -0.207 e. The Balaban J connectivity index is 3.04. The standard InChI is InChI=1S/C13H17ClN2O2S/c1-11(2)10-16(9-3-8-15)19(17,18)13-6-4-12(14)5-7-13/h4-7,11H,3,9-10H2,1-2H3. The maximum Gasteiger partial charge on any atom is 0.243 e. The molecule has 104 valence electrons. The van der Waals surface area contributed by atoms with E-state index in [1.807, 2.05) is 19.9 Å². The van der Waals surface area contributed by atoms with Crippen molar-refractivity contribution in [3.8, 4) is 6.07 Å². The highest BCUT2D eigenvalue weighted by molar-refractivity contribution is 7.89. The van der Waals surface area contributed by atoms with Crippen LogP contribution in [0, 0.1) is 17.2 Å². The predicted octanol–water partition coefficient (Wildman–Crippen LogP) is 2.90. The number of benzene rings is 1. The van der Waals surface area contributed by atoms with Gasteiger partial charge < -0.3 is 0 Å². The number of nitriles is 1. The molecule has 0 heterocycles. The van der Waals surface area contributed by atoms with Crippen molar-refractivity contribution in [2.24, 2.45) is 5.92 Å². The van der Waals surface area contributed by atoms with Gasteiger partial charge in [0, 0.05) is 24.5 Å². The van der Waals surface area contributed by atoms with Gasteiger partial charge in [0.2, 0.25) is 10.0 Å². The van der Waals surface area contributed by atoms with Crippen molar-refractivity contribution < 1.29 is 8.42 Å². The molecule has 0 aromatic heterocycles. The molecule has 0 aliphatic rings. The van der Waals surface area contributed by atoms with Gasteiger partial charge >= 0.3 is 0 Å². The van der Waals surface area contributed by atoms with E-state index in [4.69, 9.17) is 16.9 Å². The van der Waals surface area contributed by atoms with Crippen molar-refractivity contribution in [2.75, 3.05) is 13.1 Å². The lowest BCUT2D eigenvalue weighted by Crippen LogP contribution is -2.35. The third kappa shape index (κ3) is 4.50. The number of sulfonamides is 1. The lowest BCUT2D eigenvalue weighted by molar-refractivity contribution is 0.373. The van der Waals surface area contributed by atoms with E-state index in [0.717, 1.165) is 0 Å². The fourth-order valence-electron chi connectivity index (χ4n) is 1.65. The molecule has 0 unspecified atom stereocenters. The topological polar surface area (TPSA) is 61.2 Å². The summed E-state index contributed by atoms with van der Waals surface area (Å²) in [5, 5.41) is 9.13. The van der Waals surface area contributed by atoms with Crippen LogP contribution in [0.25, 0.3) is 0 Å². The van der Waals surface area contributed by atoms with E-state index >= 15 is 0 Å². The Bertz CT molecular complexity index is 547. The van der Waals surface area contributed by atoms with Crippen LogP contribution in [0.1, 0.15) is 20.3 Å². The Hall–Kier alpha value is -1.09. The molecule has 0 radical (unpaired) electrons. The van der Waals surface area contributed by atoms with E-state index in [9.17, 15) is 8.42 Å². The fourth-order valence-corrected chi connectivity index (χ4v) is 3.38. The number of hydrogen-bond acceptors (Lipinski definition) is 3. The molecule has 0 saturated carbocycles. The van der Waals surface area contributed by atoms with E-state index in [0.29, 0.717) is 11.6 Å². The summed E-state index contributed by atoms with van der Waals surface area (Å²) in [5.41, 5.74) is 0. The lowest BCUT2D eigenvalue weighted by atomic mass is 10.2. The van der Waals surface area contributed by atoms with Gasteiger partial charge in [0.15, 0.2) is 0 Å². The van der Waals surface area contributed by atoms with Gasteiger partial charge in [-0.15, -0.1) is 0 Å². The summed E-state index contributed by atoms with van der Waals surface area (Å²) in [5.74, 6) is 0.195. The first kappa shape index (κ1) is 16.0. The Kier molecular flexibility index (Phi) is 5.80. The number of hydrogen-bond donors (Lipinski definition) is 0. The first-order chi connectivity index (χ1) is 8.87. The van der Waals surface area contributed by atoms with Crippen molar-refractivity contribution in [3.05, 3.63) is 29.3 Å². The van der Waals surface area contributed by atoms with Gasteiger partial charge in [0.1, 0.15) is 0 Å². The Morgan fingerprint density at radius 1 is 1.32 bits per heavy atom. The first-order valence-corrected chi connectivity index (χ1v) is 7.82. The normalized spacial score (nSPS) is 11.8. The summed E-state index contributed by atoms with van der Waals surface area (Å²) in [6, 6.07) is 8.04. The van der Waals surface area contributed by atoms with Crippen molar-refractivity contribution >= 4 is 21.6 Å². The highest BCUT2D eigenvalue weighted by atomic mass is 35.5. The van der Waals surface area contributed by atoms with E-state index in [1.54, 1.807) is 12.1 Å². The molecule has 1 aromatic carbocycles. The van der Waals surface area contributed by atoms with Crippen LogP contribution in [-0.2, 0) is 10.0 Å². The molecule has 0 amide bonds. The Morgan fingerprint density at radius 2 is 1.89 bits per heavy atom. The third-order valence-corrected chi connectivity index (χ3v) is 4.62. The van der Waals surface area contributed by atoms with Crippen LogP contribution in [-0.4, -0.2) is 25.8 Å². The van der Waals surface area contributed by atoms with Crippen molar-refractivity contribution in [1.29, 1.82) is 5.26 Å². The zero-order valence-electron chi connectivity index (χ0n) is 11.0. The maximum atomic E-state index is 12.5. The number of rotatable bonds is 6. The van der Waals surface area contributed by atoms with Gasteiger partial charge in [0.05, 0.1) is 11.0 Å². The van der Waals surface area contributed by atoms with Crippen molar-refractivity contribution in [1.82, 2.24) is 4.31 Å². The quantitative estimate of drug-likeness (QED) is 0.811. The molecule has 0 bridgehead atoms. The zero-order chi connectivity index (χ0) is 14.5. The number of nitrogens with zero attached hydrogens (tertiary/aromatic N) is 2. The van der Waals surface area contributed by atoms with Crippen LogP contribution < -0.4 is 0 Å². The molecule has 6 heteroatoms. The van der Waals surface area contributed by atoms with E-state index in [-0.39, 0.29) is 23.8 Å². The van der Waals surface area contributed by atoms with Crippen LogP contribution in [0.2, 0.25) is 5.02 Å². The molecular weight excluding hydrogens is 284 g/mol. The van der Waals surface area contributed by atoms with Gasteiger partial charge in [-0.25, -0.2) is 8.42 Å². The molecule has 0 aliphatic heterocycles. The molecule has 0 spiro atoms. The van der Waals surface area contributed by atoms with E-state index in [2.05, 4.69) is 0 Å². The second kappa shape index (κ2) is 6.90. The summed E-state index contributed by atoms with van der Waals surface area (Å²) in [6.07, 6.45) is 0.180. The van der Waals surface area contributed by atoms with Crippen molar-refractivity contribution in [2.45, 2.75) is 25.2 Å². The minimum absolute atomic E-state index is 0.180. The van der Waals surface area contributed by atoms with Gasteiger partial charge in [-0.3, -0.25) is 0 Å². The molecule has 19 heavy (non-hydrogen) atoms.